The van der Waals surface area contributed by atoms with Crippen molar-refractivity contribution in [2.45, 2.75) is 0 Å². The maximum atomic E-state index is 0. The quantitative estimate of drug-likeness (QED) is 0.334. The van der Waals surface area contributed by atoms with E-state index in [1.807, 2.05) is 0 Å². The minimum Gasteiger partial charge on any atom is -1.00 e. The van der Waals surface area contributed by atoms with Crippen LogP contribution in [0.1, 0.15) is 5.71 Å². The molecule has 0 rings (SSSR count). The summed E-state index contributed by atoms with van der Waals surface area (Å²) in [4.78, 5) is 0. The van der Waals surface area contributed by atoms with Crippen molar-refractivity contribution in [3.63, 3.8) is 0 Å². The van der Waals surface area contributed by atoms with Gasteiger partial charge in [-0.05, 0) is 0 Å². The van der Waals surface area contributed by atoms with Crippen LogP contribution in [0.4, 0.5) is 0 Å². The third-order valence-corrected chi connectivity index (χ3v) is 0. The van der Waals surface area contributed by atoms with Crippen molar-refractivity contribution in [3.05, 3.63) is 0 Å². The molecule has 0 N–H and O–H groups in total. The average molecular weight is 192 g/mol. The molecule has 5 heteroatoms. The fourth-order valence-corrected chi connectivity index (χ4v) is 0. The molecule has 0 aromatic rings. The second kappa shape index (κ2) is 23.1. The Morgan fingerprint density at radius 3 is 1.20 bits per heavy atom. The SMILES string of the molecule is [AlH3].[Ca+2].[Fe].[H-].[H-].[H-].[H-].[K+].[Na+]. The average Bonchev–Trinajstić information content (AvgIpc) is 0. The fraction of sp³-hybridized carbons (Fsp3) is 0. The molecule has 22 valence electrons. The van der Waals surface area contributed by atoms with Gasteiger partial charge in [0.1, 0.15) is 0 Å². The Hall–Kier alpha value is 4.95. The molecule has 0 spiro atoms. The number of hydrogen-bond acceptors (Lipinski definition) is 0. The molecule has 0 radical (unpaired) electrons. The van der Waals surface area contributed by atoms with Gasteiger partial charge in [0.25, 0.3) is 0 Å². The standard InChI is InChI=1S/Al.Ca.Fe.K.Na.7H/q;+2;;2*+1;;;;4*-1. The van der Waals surface area contributed by atoms with Crippen LogP contribution in [0, 0.1) is 0 Å². The third kappa shape index (κ3) is 17.6. The zero-order valence-corrected chi connectivity index (χ0v) is 11.5. The Kier molecular flexibility index (Phi) is 150. The Morgan fingerprint density at radius 1 is 1.20 bits per heavy atom. The Labute approximate surface area is 154 Å². The van der Waals surface area contributed by atoms with Crippen LogP contribution in [0.5, 0.6) is 0 Å². The van der Waals surface area contributed by atoms with E-state index in [4.69, 9.17) is 0 Å². The van der Waals surface area contributed by atoms with E-state index in [9.17, 15) is 0 Å². The Balaban J connectivity index is 0. The minimum absolute atomic E-state index is 0. The Bertz CT molecular complexity index is 20.5. The number of hydrogen-bond donors (Lipinski definition) is 0. The van der Waals surface area contributed by atoms with Gasteiger partial charge in [-0.2, -0.15) is 0 Å². The van der Waals surface area contributed by atoms with Crippen molar-refractivity contribution < 1.29 is 104 Å². The first kappa shape index (κ1) is 32.5. The summed E-state index contributed by atoms with van der Waals surface area (Å²) in [7, 11) is 0. The van der Waals surface area contributed by atoms with Gasteiger partial charge in [0, 0.05) is 17.1 Å². The maximum absolute atomic E-state index is 0. The van der Waals surface area contributed by atoms with Crippen molar-refractivity contribution in [2.75, 3.05) is 0 Å². The van der Waals surface area contributed by atoms with E-state index < -0.39 is 0 Å². The molecular weight excluding hydrogens is 185 g/mol. The molecule has 0 atom stereocenters. The first-order valence-electron chi connectivity index (χ1n) is 0. The van der Waals surface area contributed by atoms with Gasteiger partial charge >= 0.3 is 119 Å². The van der Waals surface area contributed by atoms with Crippen LogP contribution in [0.15, 0.2) is 0 Å². The molecule has 0 unspecified atom stereocenters. The van der Waals surface area contributed by atoms with Crippen molar-refractivity contribution in [1.82, 2.24) is 0 Å². The molecular formula is H7AlCaFeKNa. The van der Waals surface area contributed by atoms with Crippen molar-refractivity contribution >= 4 is 55.1 Å². The first-order valence-corrected chi connectivity index (χ1v) is 0. The zero-order valence-electron chi connectivity index (χ0n) is 7.06. The van der Waals surface area contributed by atoms with Crippen LogP contribution < -0.4 is 80.9 Å². The van der Waals surface area contributed by atoms with Crippen molar-refractivity contribution in [2.24, 2.45) is 0 Å². The number of rotatable bonds is 0. The molecule has 0 bridgehead atoms. The van der Waals surface area contributed by atoms with Crippen molar-refractivity contribution in [3.8, 4) is 0 Å². The molecule has 5 heavy (non-hydrogen) atoms. The van der Waals surface area contributed by atoms with Crippen LogP contribution >= 0.6 is 0 Å². The smallest absolute Gasteiger partial charge is 1.00 e. The van der Waals surface area contributed by atoms with Crippen LogP contribution in [0.2, 0.25) is 0 Å². The minimum atomic E-state index is 0. The third-order valence-electron chi connectivity index (χ3n) is 0. The second-order valence-electron chi connectivity index (χ2n) is 0. The van der Waals surface area contributed by atoms with E-state index in [0.29, 0.717) is 0 Å². The fourth-order valence-electron chi connectivity index (χ4n) is 0. The van der Waals surface area contributed by atoms with Gasteiger partial charge in [-0.3, -0.25) is 0 Å². The molecule has 0 aliphatic carbocycles. The maximum Gasteiger partial charge on any atom is 2.00 e. The van der Waals surface area contributed by atoms with E-state index in [1.165, 1.54) is 0 Å². The molecule has 0 nitrogen and oxygen atoms in total. The van der Waals surface area contributed by atoms with Crippen LogP contribution in [0.3, 0.4) is 0 Å². The van der Waals surface area contributed by atoms with Gasteiger partial charge < -0.3 is 5.71 Å². The van der Waals surface area contributed by atoms with Crippen molar-refractivity contribution in [1.29, 1.82) is 0 Å². The Morgan fingerprint density at radius 2 is 1.20 bits per heavy atom. The molecule has 0 aromatic heterocycles. The molecule has 0 saturated heterocycles. The van der Waals surface area contributed by atoms with Gasteiger partial charge in [0.05, 0.1) is 0 Å². The largest absolute Gasteiger partial charge is 2.00 e. The van der Waals surface area contributed by atoms with E-state index >= 15 is 0 Å². The van der Waals surface area contributed by atoms with Crippen LogP contribution in [0.25, 0.3) is 0 Å². The molecule has 0 heterocycles. The van der Waals surface area contributed by atoms with E-state index in [2.05, 4.69) is 0 Å². The van der Waals surface area contributed by atoms with E-state index in [0.717, 1.165) is 0 Å². The summed E-state index contributed by atoms with van der Waals surface area (Å²) in [5.74, 6) is 0. The zero-order chi connectivity index (χ0) is 0. The summed E-state index contributed by atoms with van der Waals surface area (Å²) in [5.41, 5.74) is 0. The summed E-state index contributed by atoms with van der Waals surface area (Å²) in [6, 6.07) is 0. The van der Waals surface area contributed by atoms with Gasteiger partial charge in [-0.1, -0.05) is 0 Å². The topological polar surface area (TPSA) is 0 Å². The second-order valence-corrected chi connectivity index (χ2v) is 0. The molecule has 0 aliphatic heterocycles. The van der Waals surface area contributed by atoms with Crippen LogP contribution in [-0.2, 0) is 17.1 Å². The molecule has 0 fully saturated rings. The summed E-state index contributed by atoms with van der Waals surface area (Å²) >= 11 is 0. The van der Waals surface area contributed by atoms with Gasteiger partial charge in [0.2, 0.25) is 0 Å². The van der Waals surface area contributed by atoms with E-state index in [-0.39, 0.29) is 159 Å². The normalized spacial score (nSPS) is 0. The molecule has 0 saturated carbocycles. The molecule has 0 amide bonds. The van der Waals surface area contributed by atoms with E-state index in [1.54, 1.807) is 0 Å². The monoisotopic (exact) mass is 192 g/mol. The predicted octanol–water partition coefficient (Wildman–Crippen LogP) is -7.11. The summed E-state index contributed by atoms with van der Waals surface area (Å²) in [6.07, 6.45) is 0. The summed E-state index contributed by atoms with van der Waals surface area (Å²) in [6.45, 7) is 0. The molecule has 0 aromatic carbocycles. The van der Waals surface area contributed by atoms with Gasteiger partial charge in [0.15, 0.2) is 17.4 Å². The first-order chi connectivity index (χ1) is 0. The summed E-state index contributed by atoms with van der Waals surface area (Å²) < 4.78 is 0. The van der Waals surface area contributed by atoms with Gasteiger partial charge in [-0.15, -0.1) is 0 Å². The molecule has 0 aliphatic rings. The predicted molar refractivity (Wildman–Crippen MR) is 20.1 cm³/mol. The summed E-state index contributed by atoms with van der Waals surface area (Å²) in [5, 5.41) is 0. The van der Waals surface area contributed by atoms with Crippen LogP contribution in [-0.4, -0.2) is 55.1 Å². The van der Waals surface area contributed by atoms with Gasteiger partial charge in [-0.25, -0.2) is 0 Å².